The van der Waals surface area contributed by atoms with Crippen LogP contribution in [0.3, 0.4) is 0 Å². The van der Waals surface area contributed by atoms with Crippen molar-refractivity contribution in [2.75, 3.05) is 12.4 Å². The maximum absolute atomic E-state index is 13.1. The van der Waals surface area contributed by atoms with E-state index in [1.165, 1.54) is 23.9 Å². The number of pyridine rings is 1. The van der Waals surface area contributed by atoms with Crippen LogP contribution in [0.4, 0.5) is 5.00 Å². The van der Waals surface area contributed by atoms with Crippen LogP contribution >= 0.6 is 23.1 Å². The SMILES string of the molecule is CCOC(=O)C1=C(CSc2nc3c(cc2C#N)CCCCC3)OC(N)=C(C#N)[C@@H]1c1ccc([N+](=O)[O-])s1. The van der Waals surface area contributed by atoms with E-state index in [1.54, 1.807) is 6.92 Å². The van der Waals surface area contributed by atoms with Gasteiger partial charge in [0.25, 0.3) is 0 Å². The second-order valence-corrected chi connectivity index (χ2v) is 10.4. The summed E-state index contributed by atoms with van der Waals surface area (Å²) in [6.07, 6.45) is 4.92. The van der Waals surface area contributed by atoms with Crippen molar-refractivity contribution < 1.29 is 19.2 Å². The number of hydrogen-bond acceptors (Lipinski definition) is 11. The van der Waals surface area contributed by atoms with Crippen LogP contribution in [0, 0.1) is 32.8 Å². The Labute approximate surface area is 221 Å². The second-order valence-electron chi connectivity index (χ2n) is 8.32. The van der Waals surface area contributed by atoms with Gasteiger partial charge in [0, 0.05) is 16.6 Å². The largest absolute Gasteiger partial charge is 0.463 e. The van der Waals surface area contributed by atoms with Gasteiger partial charge in [-0.25, -0.2) is 9.78 Å². The van der Waals surface area contributed by atoms with Crippen LogP contribution in [0.2, 0.25) is 0 Å². The summed E-state index contributed by atoms with van der Waals surface area (Å²) in [5.41, 5.74) is 8.59. The third-order valence-electron chi connectivity index (χ3n) is 6.05. The van der Waals surface area contributed by atoms with E-state index in [9.17, 15) is 25.4 Å². The van der Waals surface area contributed by atoms with Gasteiger partial charge in [-0.3, -0.25) is 10.1 Å². The number of carbonyl (C=O) groups is 1. The van der Waals surface area contributed by atoms with Gasteiger partial charge in [-0.15, -0.1) is 0 Å². The Morgan fingerprint density at radius 2 is 2.11 bits per heavy atom. The van der Waals surface area contributed by atoms with Crippen molar-refractivity contribution in [3.8, 4) is 12.1 Å². The lowest BCUT2D eigenvalue weighted by Gasteiger charge is -2.27. The third kappa shape index (κ3) is 5.45. The number of nitro groups is 1. The Balaban J connectivity index is 1.76. The summed E-state index contributed by atoms with van der Waals surface area (Å²) in [5, 5.41) is 31.2. The minimum absolute atomic E-state index is 0.0329. The Kier molecular flexibility index (Phi) is 8.11. The first-order chi connectivity index (χ1) is 17.9. The average Bonchev–Trinajstić information content (AvgIpc) is 3.26. The molecule has 2 aliphatic rings. The van der Waals surface area contributed by atoms with Crippen molar-refractivity contribution in [3.63, 3.8) is 0 Å². The molecule has 190 valence electrons. The number of nitrogens with zero attached hydrogens (tertiary/aromatic N) is 4. The molecule has 0 saturated heterocycles. The van der Waals surface area contributed by atoms with Crippen LogP contribution < -0.4 is 5.73 Å². The maximum Gasteiger partial charge on any atom is 0.338 e. The number of aryl methyl sites for hydroxylation is 2. The number of hydrogen-bond donors (Lipinski definition) is 1. The summed E-state index contributed by atoms with van der Waals surface area (Å²) >= 11 is 2.07. The van der Waals surface area contributed by atoms with Crippen LogP contribution in [0.15, 0.2) is 46.0 Å². The molecule has 1 aliphatic carbocycles. The van der Waals surface area contributed by atoms with Crippen LogP contribution in [-0.2, 0) is 27.1 Å². The van der Waals surface area contributed by atoms with E-state index < -0.39 is 16.8 Å². The fraction of sp³-hybridized carbons (Fsp3) is 0.360. The van der Waals surface area contributed by atoms with Crippen LogP contribution in [0.25, 0.3) is 0 Å². The number of fused-ring (bicyclic) bond motifs is 1. The standard InChI is InChI=1S/C25H23N5O5S2/c1-2-34-25(31)22-18(13-36-24-15(11-26)10-14-6-4-3-5-7-17(14)29-24)35-23(28)16(12-27)21(22)19-8-9-20(37-19)30(32)33/h8-10,21H,2-7,13,28H2,1H3/t21-/m1/s1. The smallest absolute Gasteiger partial charge is 0.338 e. The van der Waals surface area contributed by atoms with E-state index in [0.29, 0.717) is 15.5 Å². The van der Waals surface area contributed by atoms with Crippen molar-refractivity contribution in [1.82, 2.24) is 4.98 Å². The zero-order valence-corrected chi connectivity index (χ0v) is 21.6. The van der Waals surface area contributed by atoms with E-state index in [1.807, 2.05) is 12.1 Å². The fourth-order valence-electron chi connectivity index (χ4n) is 4.35. The summed E-state index contributed by atoms with van der Waals surface area (Å²) in [6, 6.07) is 8.89. The van der Waals surface area contributed by atoms with Gasteiger partial charge in [0.15, 0.2) is 0 Å². The van der Waals surface area contributed by atoms with E-state index in [4.69, 9.17) is 20.2 Å². The van der Waals surface area contributed by atoms with E-state index in [0.717, 1.165) is 54.7 Å². The minimum atomic E-state index is -0.984. The summed E-state index contributed by atoms with van der Waals surface area (Å²) in [4.78, 5) is 29.0. The summed E-state index contributed by atoms with van der Waals surface area (Å²) < 4.78 is 11.0. The van der Waals surface area contributed by atoms with Crippen molar-refractivity contribution in [3.05, 3.63) is 72.8 Å². The molecule has 12 heteroatoms. The van der Waals surface area contributed by atoms with Gasteiger partial charge in [-0.2, -0.15) is 10.5 Å². The number of rotatable bonds is 7. The summed E-state index contributed by atoms with van der Waals surface area (Å²) in [7, 11) is 0. The lowest BCUT2D eigenvalue weighted by molar-refractivity contribution is -0.380. The van der Waals surface area contributed by atoms with Gasteiger partial charge in [-0.05, 0) is 50.3 Å². The zero-order valence-electron chi connectivity index (χ0n) is 20.0. The van der Waals surface area contributed by atoms with Gasteiger partial charge < -0.3 is 15.2 Å². The highest BCUT2D eigenvalue weighted by Crippen LogP contribution is 2.44. The van der Waals surface area contributed by atoms with Crippen LogP contribution in [-0.4, -0.2) is 28.2 Å². The molecule has 1 atom stereocenters. The number of allylic oxidation sites excluding steroid dienone is 1. The zero-order chi connectivity index (χ0) is 26.5. The Hall–Kier alpha value is -3.87. The van der Waals surface area contributed by atoms with Gasteiger partial charge in [-0.1, -0.05) is 29.5 Å². The number of esters is 1. The van der Waals surface area contributed by atoms with Crippen molar-refractivity contribution in [2.45, 2.75) is 50.0 Å². The first kappa shape index (κ1) is 26.2. The molecule has 0 bridgehead atoms. The number of nitriles is 2. The van der Waals surface area contributed by atoms with Crippen molar-refractivity contribution in [1.29, 1.82) is 10.5 Å². The quantitative estimate of drug-likeness (QED) is 0.173. The molecule has 0 aromatic carbocycles. The molecule has 3 heterocycles. The predicted octanol–water partition coefficient (Wildman–Crippen LogP) is 4.61. The number of nitrogens with two attached hydrogens (primary N) is 1. The predicted molar refractivity (Wildman–Crippen MR) is 136 cm³/mol. The molecule has 0 saturated carbocycles. The van der Waals surface area contributed by atoms with E-state index in [2.05, 4.69) is 6.07 Å². The van der Waals surface area contributed by atoms with Crippen molar-refractivity contribution in [2.24, 2.45) is 5.73 Å². The van der Waals surface area contributed by atoms with E-state index >= 15 is 0 Å². The highest BCUT2D eigenvalue weighted by Gasteiger charge is 2.39. The molecule has 4 rings (SSSR count). The first-order valence-corrected chi connectivity index (χ1v) is 13.5. The molecule has 0 radical (unpaired) electrons. The number of thiophene rings is 1. The number of aromatic nitrogens is 1. The van der Waals surface area contributed by atoms with Crippen LogP contribution in [0.1, 0.15) is 53.8 Å². The third-order valence-corrected chi connectivity index (χ3v) is 8.14. The molecule has 2 aromatic heterocycles. The van der Waals surface area contributed by atoms with E-state index in [-0.39, 0.29) is 40.1 Å². The molecule has 0 amide bonds. The molecule has 2 aromatic rings. The normalized spacial score (nSPS) is 17.2. The molecule has 0 unspecified atom stereocenters. The molecule has 0 fully saturated rings. The molecule has 10 nitrogen and oxygen atoms in total. The van der Waals surface area contributed by atoms with Crippen LogP contribution in [0.5, 0.6) is 0 Å². The summed E-state index contributed by atoms with van der Waals surface area (Å²) in [5.74, 6) is -1.65. The molecule has 37 heavy (non-hydrogen) atoms. The van der Waals surface area contributed by atoms with Gasteiger partial charge >= 0.3 is 11.0 Å². The molecular formula is C25H23N5O5S2. The Bertz CT molecular complexity index is 1400. The highest BCUT2D eigenvalue weighted by atomic mass is 32.2. The lowest BCUT2D eigenvalue weighted by atomic mass is 9.87. The maximum atomic E-state index is 13.1. The lowest BCUT2D eigenvalue weighted by Crippen LogP contribution is -2.26. The summed E-state index contributed by atoms with van der Waals surface area (Å²) in [6.45, 7) is 1.72. The molecule has 2 N–H and O–H groups in total. The molecule has 0 spiro atoms. The minimum Gasteiger partial charge on any atom is -0.463 e. The number of thioether (sulfide) groups is 1. The van der Waals surface area contributed by atoms with Gasteiger partial charge in [0.2, 0.25) is 5.88 Å². The van der Waals surface area contributed by atoms with Gasteiger partial charge in [0.1, 0.15) is 28.5 Å². The topological polar surface area (TPSA) is 165 Å². The van der Waals surface area contributed by atoms with Gasteiger partial charge in [0.05, 0.1) is 34.3 Å². The van der Waals surface area contributed by atoms with Crippen molar-refractivity contribution >= 4 is 34.1 Å². The number of carbonyl (C=O) groups excluding carboxylic acids is 1. The Morgan fingerprint density at radius 3 is 2.78 bits per heavy atom. The first-order valence-electron chi connectivity index (χ1n) is 11.6. The fourth-order valence-corrected chi connectivity index (χ4v) is 6.21. The number of ether oxygens (including phenoxy) is 2. The highest BCUT2D eigenvalue weighted by molar-refractivity contribution is 7.99. The molecular weight excluding hydrogens is 514 g/mol. The second kappa shape index (κ2) is 11.5. The Morgan fingerprint density at radius 1 is 1.32 bits per heavy atom. The monoisotopic (exact) mass is 537 g/mol. The average molecular weight is 538 g/mol. The molecule has 1 aliphatic heterocycles.